The van der Waals surface area contributed by atoms with Crippen molar-refractivity contribution in [2.45, 2.75) is 77.2 Å². The SMILES string of the molecule is C1CCC(CC2CCCCC2)CC1.C=Cc1ccc(CO)cc1. The van der Waals surface area contributed by atoms with Gasteiger partial charge in [0.05, 0.1) is 6.61 Å². The molecule has 0 aromatic heterocycles. The summed E-state index contributed by atoms with van der Waals surface area (Å²) in [6, 6.07) is 7.63. The molecule has 128 valence electrons. The second-order valence-electron chi connectivity index (χ2n) is 7.35. The summed E-state index contributed by atoms with van der Waals surface area (Å²) in [6.07, 6.45) is 18.7. The summed E-state index contributed by atoms with van der Waals surface area (Å²) >= 11 is 0. The first kappa shape index (κ1) is 18.3. The Kier molecular flexibility index (Phi) is 8.46. The number of hydrogen-bond acceptors (Lipinski definition) is 1. The smallest absolute Gasteiger partial charge is 0.0681 e. The van der Waals surface area contributed by atoms with Crippen LogP contribution in [-0.2, 0) is 6.61 Å². The summed E-state index contributed by atoms with van der Waals surface area (Å²) in [5.41, 5.74) is 2.02. The Morgan fingerprint density at radius 1 is 0.826 bits per heavy atom. The van der Waals surface area contributed by atoms with Gasteiger partial charge in [-0.25, -0.2) is 0 Å². The minimum absolute atomic E-state index is 0.109. The van der Waals surface area contributed by atoms with Crippen LogP contribution in [0.1, 0.15) is 81.8 Å². The van der Waals surface area contributed by atoms with E-state index in [4.69, 9.17) is 5.11 Å². The Hall–Kier alpha value is -1.08. The monoisotopic (exact) mass is 314 g/mol. The minimum atomic E-state index is 0.109. The van der Waals surface area contributed by atoms with Gasteiger partial charge in [-0.05, 0) is 29.4 Å². The van der Waals surface area contributed by atoms with Gasteiger partial charge < -0.3 is 5.11 Å². The van der Waals surface area contributed by atoms with E-state index in [1.54, 1.807) is 38.2 Å². The first-order chi connectivity index (χ1) is 11.3. The van der Waals surface area contributed by atoms with Crippen molar-refractivity contribution >= 4 is 6.08 Å². The van der Waals surface area contributed by atoms with Crippen molar-refractivity contribution in [3.05, 3.63) is 42.0 Å². The fourth-order valence-corrected chi connectivity index (χ4v) is 4.08. The average Bonchev–Trinajstić information content (AvgIpc) is 2.64. The van der Waals surface area contributed by atoms with Crippen LogP contribution in [0, 0.1) is 11.8 Å². The Balaban J connectivity index is 0.000000174. The lowest BCUT2D eigenvalue weighted by Crippen LogP contribution is -2.14. The van der Waals surface area contributed by atoms with E-state index in [1.807, 2.05) is 24.3 Å². The molecular weight excluding hydrogens is 280 g/mol. The predicted molar refractivity (Wildman–Crippen MR) is 100 cm³/mol. The van der Waals surface area contributed by atoms with Gasteiger partial charge in [0.15, 0.2) is 0 Å². The van der Waals surface area contributed by atoms with Crippen LogP contribution in [0.15, 0.2) is 30.8 Å². The zero-order valence-corrected chi connectivity index (χ0v) is 14.7. The van der Waals surface area contributed by atoms with Gasteiger partial charge in [-0.3, -0.25) is 0 Å². The number of aliphatic hydroxyl groups excluding tert-OH is 1. The molecule has 2 fully saturated rings. The second kappa shape index (κ2) is 10.6. The molecule has 1 nitrogen and oxygen atoms in total. The highest BCUT2D eigenvalue weighted by atomic mass is 16.3. The third-order valence-electron chi connectivity index (χ3n) is 5.51. The molecule has 1 aromatic rings. The summed E-state index contributed by atoms with van der Waals surface area (Å²) in [7, 11) is 0. The lowest BCUT2D eigenvalue weighted by Gasteiger charge is -2.28. The van der Waals surface area contributed by atoms with Crippen molar-refractivity contribution in [3.63, 3.8) is 0 Å². The molecule has 0 saturated heterocycles. The lowest BCUT2D eigenvalue weighted by molar-refractivity contribution is 0.244. The Labute approximate surface area is 142 Å². The highest BCUT2D eigenvalue weighted by Crippen LogP contribution is 2.34. The summed E-state index contributed by atoms with van der Waals surface area (Å²) in [5, 5.41) is 8.68. The van der Waals surface area contributed by atoms with Gasteiger partial charge in [-0.15, -0.1) is 0 Å². The van der Waals surface area contributed by atoms with Gasteiger partial charge in [0.25, 0.3) is 0 Å². The molecule has 2 aliphatic rings. The molecule has 3 rings (SSSR count). The van der Waals surface area contributed by atoms with E-state index in [0.29, 0.717) is 0 Å². The van der Waals surface area contributed by atoms with Gasteiger partial charge in [0.1, 0.15) is 0 Å². The van der Waals surface area contributed by atoms with Crippen LogP contribution >= 0.6 is 0 Å². The third kappa shape index (κ3) is 6.91. The van der Waals surface area contributed by atoms with Crippen LogP contribution in [0.4, 0.5) is 0 Å². The largest absolute Gasteiger partial charge is 0.392 e. The fraction of sp³-hybridized carbons (Fsp3) is 0.636. The van der Waals surface area contributed by atoms with Gasteiger partial charge in [0, 0.05) is 0 Å². The van der Waals surface area contributed by atoms with Gasteiger partial charge in [0.2, 0.25) is 0 Å². The van der Waals surface area contributed by atoms with E-state index in [2.05, 4.69) is 6.58 Å². The van der Waals surface area contributed by atoms with Crippen LogP contribution in [-0.4, -0.2) is 5.11 Å². The molecule has 0 spiro atoms. The number of aliphatic hydroxyl groups is 1. The molecule has 0 bridgehead atoms. The van der Waals surface area contributed by atoms with Crippen LogP contribution in [0.5, 0.6) is 0 Å². The molecule has 1 heteroatoms. The van der Waals surface area contributed by atoms with Crippen LogP contribution in [0.3, 0.4) is 0 Å². The van der Waals surface area contributed by atoms with Crippen molar-refractivity contribution in [1.82, 2.24) is 0 Å². The second-order valence-corrected chi connectivity index (χ2v) is 7.35. The van der Waals surface area contributed by atoms with E-state index in [9.17, 15) is 0 Å². The highest BCUT2D eigenvalue weighted by molar-refractivity contribution is 5.46. The van der Waals surface area contributed by atoms with E-state index >= 15 is 0 Å². The maximum Gasteiger partial charge on any atom is 0.0681 e. The van der Waals surface area contributed by atoms with Crippen molar-refractivity contribution < 1.29 is 5.11 Å². The van der Waals surface area contributed by atoms with Crippen LogP contribution in [0.25, 0.3) is 6.08 Å². The van der Waals surface area contributed by atoms with E-state index in [1.165, 1.54) is 38.5 Å². The predicted octanol–water partition coefficient (Wildman–Crippen LogP) is 6.36. The maximum absolute atomic E-state index is 8.68. The molecule has 1 aromatic carbocycles. The molecule has 0 heterocycles. The normalized spacial score (nSPS) is 19.7. The third-order valence-corrected chi connectivity index (χ3v) is 5.51. The molecule has 0 unspecified atom stereocenters. The molecule has 2 aliphatic carbocycles. The van der Waals surface area contributed by atoms with Gasteiger partial charge >= 0.3 is 0 Å². The summed E-state index contributed by atoms with van der Waals surface area (Å²) < 4.78 is 0. The molecular formula is C22H34O. The standard InChI is InChI=1S/C13H24.C9H10O/c1-3-7-12(8-4-1)11-13-9-5-2-6-10-13;1-2-8-3-5-9(7-10)6-4-8/h12-13H,1-11H2;2-6,10H,1,7H2. The average molecular weight is 315 g/mol. The summed E-state index contributed by atoms with van der Waals surface area (Å²) in [4.78, 5) is 0. The molecule has 0 amide bonds. The Morgan fingerprint density at radius 3 is 1.70 bits per heavy atom. The highest BCUT2D eigenvalue weighted by Gasteiger charge is 2.20. The topological polar surface area (TPSA) is 20.2 Å². The lowest BCUT2D eigenvalue weighted by atomic mass is 9.78. The number of rotatable bonds is 4. The Morgan fingerprint density at radius 2 is 1.30 bits per heavy atom. The molecule has 0 atom stereocenters. The fourth-order valence-electron chi connectivity index (χ4n) is 4.08. The first-order valence-electron chi connectivity index (χ1n) is 9.64. The number of benzene rings is 1. The summed E-state index contributed by atoms with van der Waals surface area (Å²) in [6.45, 7) is 3.73. The molecule has 23 heavy (non-hydrogen) atoms. The quantitative estimate of drug-likeness (QED) is 0.685. The maximum atomic E-state index is 8.68. The summed E-state index contributed by atoms with van der Waals surface area (Å²) in [5.74, 6) is 2.24. The van der Waals surface area contributed by atoms with Crippen molar-refractivity contribution in [2.24, 2.45) is 11.8 Å². The van der Waals surface area contributed by atoms with E-state index in [-0.39, 0.29) is 6.61 Å². The zero-order chi connectivity index (χ0) is 16.3. The molecule has 0 aliphatic heterocycles. The molecule has 0 radical (unpaired) electrons. The van der Waals surface area contributed by atoms with Gasteiger partial charge in [-0.2, -0.15) is 0 Å². The van der Waals surface area contributed by atoms with Crippen molar-refractivity contribution in [1.29, 1.82) is 0 Å². The molecule has 1 N–H and O–H groups in total. The first-order valence-corrected chi connectivity index (χ1v) is 9.64. The molecule has 2 saturated carbocycles. The zero-order valence-electron chi connectivity index (χ0n) is 14.7. The van der Waals surface area contributed by atoms with Crippen molar-refractivity contribution in [2.75, 3.05) is 0 Å². The Bertz CT molecular complexity index is 406. The van der Waals surface area contributed by atoms with E-state index < -0.39 is 0 Å². The van der Waals surface area contributed by atoms with Gasteiger partial charge in [-0.1, -0.05) is 101 Å². The van der Waals surface area contributed by atoms with Crippen LogP contribution in [0.2, 0.25) is 0 Å². The van der Waals surface area contributed by atoms with Crippen molar-refractivity contribution in [3.8, 4) is 0 Å². The van der Waals surface area contributed by atoms with Crippen LogP contribution < -0.4 is 0 Å². The van der Waals surface area contributed by atoms with E-state index in [0.717, 1.165) is 23.0 Å². The minimum Gasteiger partial charge on any atom is -0.392 e. The number of hydrogen-bond donors (Lipinski definition) is 1.